The molecule has 1 fully saturated rings. The van der Waals surface area contributed by atoms with Crippen molar-refractivity contribution in [3.8, 4) is 0 Å². The normalized spacial score (nSPS) is 17.2. The third-order valence-electron chi connectivity index (χ3n) is 4.09. The van der Waals surface area contributed by atoms with Crippen molar-refractivity contribution in [1.29, 1.82) is 0 Å². The summed E-state index contributed by atoms with van der Waals surface area (Å²) in [5.74, 6) is -0.271. The summed E-state index contributed by atoms with van der Waals surface area (Å²) in [5.41, 5.74) is -0.629. The van der Waals surface area contributed by atoms with Gasteiger partial charge in [0.05, 0.1) is 12.3 Å². The first kappa shape index (κ1) is 18.2. The van der Waals surface area contributed by atoms with Crippen molar-refractivity contribution in [3.63, 3.8) is 0 Å². The maximum atomic E-state index is 12.6. The molecule has 0 aromatic carbocycles. The number of nitrogens with zero attached hydrogens (tertiary/aromatic N) is 2. The number of pyridine rings is 1. The van der Waals surface area contributed by atoms with E-state index in [1.54, 1.807) is 18.0 Å². The van der Waals surface area contributed by atoms with Crippen LogP contribution in [-0.4, -0.2) is 47.2 Å². The molecule has 0 unspecified atom stereocenters. The van der Waals surface area contributed by atoms with Crippen LogP contribution in [0.3, 0.4) is 0 Å². The van der Waals surface area contributed by atoms with E-state index in [9.17, 15) is 9.59 Å². The highest BCUT2D eigenvalue weighted by Crippen LogP contribution is 2.36. The smallest absolute Gasteiger partial charge is 0.410 e. The molecule has 0 bridgehead atoms. The largest absolute Gasteiger partial charge is 0.465 e. The minimum absolute atomic E-state index is 0.271. The molecular weight excluding hydrogens is 308 g/mol. The highest BCUT2D eigenvalue weighted by molar-refractivity contribution is 5.83. The fraction of sp³-hybridized carbons (Fsp3) is 0.611. The molecule has 1 aromatic heterocycles. The second-order valence-corrected chi connectivity index (χ2v) is 6.98. The first-order valence-corrected chi connectivity index (χ1v) is 8.35. The summed E-state index contributed by atoms with van der Waals surface area (Å²) in [6.45, 7) is 8.50. The number of likely N-dealkylation sites (tertiary alicyclic amines) is 1. The van der Waals surface area contributed by atoms with Crippen molar-refractivity contribution in [3.05, 3.63) is 30.1 Å². The zero-order valence-corrected chi connectivity index (χ0v) is 14.9. The average Bonchev–Trinajstić information content (AvgIpc) is 2.54. The molecule has 0 aliphatic carbocycles. The van der Waals surface area contributed by atoms with Gasteiger partial charge in [-0.1, -0.05) is 6.07 Å². The van der Waals surface area contributed by atoms with Crippen LogP contribution >= 0.6 is 0 Å². The van der Waals surface area contributed by atoms with Gasteiger partial charge >= 0.3 is 12.1 Å². The van der Waals surface area contributed by atoms with E-state index in [1.807, 2.05) is 39.0 Å². The van der Waals surface area contributed by atoms with Crippen LogP contribution in [0.2, 0.25) is 0 Å². The van der Waals surface area contributed by atoms with Crippen molar-refractivity contribution in [2.24, 2.45) is 0 Å². The fourth-order valence-corrected chi connectivity index (χ4v) is 2.88. The first-order chi connectivity index (χ1) is 11.3. The Morgan fingerprint density at radius 2 is 1.92 bits per heavy atom. The van der Waals surface area contributed by atoms with Gasteiger partial charge in [-0.05, 0) is 52.7 Å². The molecule has 6 nitrogen and oxygen atoms in total. The van der Waals surface area contributed by atoms with Crippen LogP contribution in [0.15, 0.2) is 24.4 Å². The second kappa shape index (κ2) is 7.20. The minimum atomic E-state index is -0.796. The van der Waals surface area contributed by atoms with E-state index in [0.29, 0.717) is 38.2 Å². The van der Waals surface area contributed by atoms with Crippen molar-refractivity contribution in [2.45, 2.75) is 51.6 Å². The van der Waals surface area contributed by atoms with Gasteiger partial charge in [-0.2, -0.15) is 0 Å². The summed E-state index contributed by atoms with van der Waals surface area (Å²) in [7, 11) is 0. The Kier molecular flexibility index (Phi) is 5.47. The lowest BCUT2D eigenvalue weighted by atomic mass is 9.75. The monoisotopic (exact) mass is 334 g/mol. The molecule has 1 aromatic rings. The lowest BCUT2D eigenvalue weighted by Crippen LogP contribution is -2.51. The Morgan fingerprint density at radius 1 is 1.25 bits per heavy atom. The highest BCUT2D eigenvalue weighted by atomic mass is 16.6. The van der Waals surface area contributed by atoms with Gasteiger partial charge in [0, 0.05) is 19.3 Å². The Morgan fingerprint density at radius 3 is 2.42 bits per heavy atom. The summed E-state index contributed by atoms with van der Waals surface area (Å²) in [5, 5.41) is 0. The Balaban J connectivity index is 2.16. The van der Waals surface area contributed by atoms with Crippen LogP contribution in [0.4, 0.5) is 4.79 Å². The number of aromatic nitrogens is 1. The van der Waals surface area contributed by atoms with E-state index in [4.69, 9.17) is 9.47 Å². The number of piperidine rings is 1. The Bertz CT molecular complexity index is 572. The molecule has 0 spiro atoms. The standard InChI is InChI=1S/C18H26N2O4/c1-5-23-15(21)18(14-8-6-7-11-19-14)9-12-20(13-10-18)16(22)24-17(2,3)4/h6-8,11H,5,9-10,12-13H2,1-4H3. The van der Waals surface area contributed by atoms with Crippen molar-refractivity contribution < 1.29 is 19.1 Å². The van der Waals surface area contributed by atoms with E-state index in [1.165, 1.54) is 0 Å². The third kappa shape index (κ3) is 4.04. The van der Waals surface area contributed by atoms with Gasteiger partial charge in [0.1, 0.15) is 11.0 Å². The fourth-order valence-electron chi connectivity index (χ4n) is 2.88. The van der Waals surface area contributed by atoms with Crippen molar-refractivity contribution in [1.82, 2.24) is 9.88 Å². The maximum Gasteiger partial charge on any atom is 0.410 e. The summed E-state index contributed by atoms with van der Waals surface area (Å²) in [6.07, 6.45) is 2.28. The molecule has 2 rings (SSSR count). The molecular formula is C18H26N2O4. The quantitative estimate of drug-likeness (QED) is 0.795. The summed E-state index contributed by atoms with van der Waals surface area (Å²) in [4.78, 5) is 30.9. The van der Waals surface area contributed by atoms with Crippen LogP contribution in [0.25, 0.3) is 0 Å². The van der Waals surface area contributed by atoms with E-state index >= 15 is 0 Å². The molecule has 6 heteroatoms. The number of rotatable bonds is 3. The Hall–Kier alpha value is -2.11. The van der Waals surface area contributed by atoms with Gasteiger partial charge in [0.2, 0.25) is 0 Å². The van der Waals surface area contributed by atoms with E-state index in [0.717, 1.165) is 0 Å². The second-order valence-electron chi connectivity index (χ2n) is 6.98. The number of ether oxygens (including phenoxy) is 2. The molecule has 0 saturated carbocycles. The highest BCUT2D eigenvalue weighted by Gasteiger charge is 2.46. The molecule has 0 radical (unpaired) electrons. The number of hydrogen-bond acceptors (Lipinski definition) is 5. The molecule has 132 valence electrons. The first-order valence-electron chi connectivity index (χ1n) is 8.35. The predicted molar refractivity (Wildman–Crippen MR) is 89.6 cm³/mol. The minimum Gasteiger partial charge on any atom is -0.465 e. The molecule has 1 saturated heterocycles. The van der Waals surface area contributed by atoms with E-state index in [2.05, 4.69) is 4.98 Å². The Labute approximate surface area is 143 Å². The summed E-state index contributed by atoms with van der Waals surface area (Å²) in [6, 6.07) is 5.53. The van der Waals surface area contributed by atoms with Crippen LogP contribution < -0.4 is 0 Å². The number of amides is 1. The lowest BCUT2D eigenvalue weighted by Gasteiger charge is -2.39. The molecule has 0 N–H and O–H groups in total. The predicted octanol–water partition coefficient (Wildman–Crippen LogP) is 2.91. The van der Waals surface area contributed by atoms with E-state index in [-0.39, 0.29) is 12.1 Å². The molecule has 1 aliphatic rings. The number of esters is 1. The molecule has 1 aliphatic heterocycles. The van der Waals surface area contributed by atoms with E-state index < -0.39 is 11.0 Å². The van der Waals surface area contributed by atoms with Crippen molar-refractivity contribution >= 4 is 12.1 Å². The van der Waals surface area contributed by atoms with Gasteiger partial charge in [-0.15, -0.1) is 0 Å². The molecule has 0 atom stereocenters. The number of hydrogen-bond donors (Lipinski definition) is 0. The van der Waals surface area contributed by atoms with Gasteiger partial charge in [-0.3, -0.25) is 9.78 Å². The third-order valence-corrected chi connectivity index (χ3v) is 4.09. The molecule has 1 amide bonds. The van der Waals surface area contributed by atoms with Crippen LogP contribution in [0.5, 0.6) is 0 Å². The topological polar surface area (TPSA) is 68.7 Å². The molecule has 24 heavy (non-hydrogen) atoms. The van der Waals surface area contributed by atoms with Gasteiger partial charge in [0.25, 0.3) is 0 Å². The zero-order valence-electron chi connectivity index (χ0n) is 14.9. The summed E-state index contributed by atoms with van der Waals surface area (Å²) >= 11 is 0. The van der Waals surface area contributed by atoms with Crippen LogP contribution in [0.1, 0.15) is 46.2 Å². The lowest BCUT2D eigenvalue weighted by molar-refractivity contribution is -0.152. The van der Waals surface area contributed by atoms with Gasteiger partial charge in [0.15, 0.2) is 0 Å². The number of carbonyl (C=O) groups excluding carboxylic acids is 2. The SMILES string of the molecule is CCOC(=O)C1(c2ccccn2)CCN(C(=O)OC(C)(C)C)CC1. The van der Waals surface area contributed by atoms with Gasteiger partial charge in [-0.25, -0.2) is 4.79 Å². The van der Waals surface area contributed by atoms with Crippen LogP contribution in [0, 0.1) is 0 Å². The average molecular weight is 334 g/mol. The number of carbonyl (C=O) groups is 2. The molecule has 2 heterocycles. The van der Waals surface area contributed by atoms with Gasteiger partial charge < -0.3 is 14.4 Å². The maximum absolute atomic E-state index is 12.6. The zero-order chi connectivity index (χ0) is 17.8. The summed E-state index contributed by atoms with van der Waals surface area (Å²) < 4.78 is 10.7. The van der Waals surface area contributed by atoms with Crippen molar-refractivity contribution in [2.75, 3.05) is 19.7 Å². The van der Waals surface area contributed by atoms with Crippen LogP contribution in [-0.2, 0) is 19.7 Å².